The molecule has 2 N–H and O–H groups in total. The molecule has 0 spiro atoms. The number of imidazole rings is 1. The highest BCUT2D eigenvalue weighted by Crippen LogP contribution is 2.17. The maximum atomic E-state index is 5.83. The van der Waals surface area contributed by atoms with Gasteiger partial charge in [0.15, 0.2) is 0 Å². The summed E-state index contributed by atoms with van der Waals surface area (Å²) >= 11 is 0. The minimum atomic E-state index is 0.767. The molecule has 0 aliphatic rings. The van der Waals surface area contributed by atoms with Crippen LogP contribution in [0.15, 0.2) is 36.8 Å². The fourth-order valence-electron chi connectivity index (χ4n) is 1.32. The Labute approximate surface area is 76.8 Å². The molecule has 0 amide bonds. The number of aromatic nitrogens is 2. The zero-order chi connectivity index (χ0) is 9.26. The maximum absolute atomic E-state index is 5.83. The van der Waals surface area contributed by atoms with Gasteiger partial charge in [0.25, 0.3) is 0 Å². The van der Waals surface area contributed by atoms with E-state index >= 15 is 0 Å². The van der Waals surface area contributed by atoms with Gasteiger partial charge in [0.05, 0.1) is 17.7 Å². The van der Waals surface area contributed by atoms with Gasteiger partial charge in [0.2, 0.25) is 0 Å². The van der Waals surface area contributed by atoms with Crippen LogP contribution in [-0.4, -0.2) is 9.55 Å². The van der Waals surface area contributed by atoms with Crippen molar-refractivity contribution < 1.29 is 0 Å². The van der Waals surface area contributed by atoms with Crippen molar-refractivity contribution in [3.8, 4) is 5.69 Å². The Balaban J connectivity index is 2.59. The SMILES string of the molecule is Cc1cncn1-c1ccccc1N. The van der Waals surface area contributed by atoms with E-state index in [2.05, 4.69) is 4.98 Å². The number of para-hydroxylation sites is 2. The first-order valence-corrected chi connectivity index (χ1v) is 4.13. The van der Waals surface area contributed by atoms with Crippen LogP contribution < -0.4 is 5.73 Å². The third kappa shape index (κ3) is 1.28. The molecule has 0 aliphatic heterocycles. The first-order valence-electron chi connectivity index (χ1n) is 4.13. The average molecular weight is 173 g/mol. The van der Waals surface area contributed by atoms with Crippen LogP contribution in [0.4, 0.5) is 5.69 Å². The fraction of sp³-hybridized carbons (Fsp3) is 0.100. The van der Waals surface area contributed by atoms with E-state index in [4.69, 9.17) is 5.73 Å². The Kier molecular flexibility index (Phi) is 1.77. The van der Waals surface area contributed by atoms with E-state index in [1.807, 2.05) is 42.0 Å². The largest absolute Gasteiger partial charge is 0.397 e. The smallest absolute Gasteiger partial charge is 0.0994 e. The standard InChI is InChI=1S/C10H11N3/c1-8-6-12-7-13(8)10-5-3-2-4-9(10)11/h2-7H,11H2,1H3. The number of hydrogen-bond donors (Lipinski definition) is 1. The monoisotopic (exact) mass is 173 g/mol. The minimum absolute atomic E-state index is 0.767. The van der Waals surface area contributed by atoms with Crippen molar-refractivity contribution in [2.45, 2.75) is 6.92 Å². The van der Waals surface area contributed by atoms with Gasteiger partial charge in [-0.2, -0.15) is 0 Å². The molecular weight excluding hydrogens is 162 g/mol. The summed E-state index contributed by atoms with van der Waals surface area (Å²) in [5.74, 6) is 0. The van der Waals surface area contributed by atoms with Crippen molar-refractivity contribution in [3.63, 3.8) is 0 Å². The summed E-state index contributed by atoms with van der Waals surface area (Å²) in [7, 11) is 0. The summed E-state index contributed by atoms with van der Waals surface area (Å²) < 4.78 is 1.97. The van der Waals surface area contributed by atoms with Crippen LogP contribution in [0.1, 0.15) is 5.69 Å². The third-order valence-corrected chi connectivity index (χ3v) is 2.02. The highest BCUT2D eigenvalue weighted by atomic mass is 15.1. The Hall–Kier alpha value is -1.77. The number of anilines is 1. The van der Waals surface area contributed by atoms with Crippen LogP contribution in [0.5, 0.6) is 0 Å². The molecule has 66 valence electrons. The lowest BCUT2D eigenvalue weighted by Gasteiger charge is -2.07. The molecule has 0 radical (unpaired) electrons. The zero-order valence-electron chi connectivity index (χ0n) is 7.44. The number of nitrogen functional groups attached to an aromatic ring is 1. The predicted molar refractivity (Wildman–Crippen MR) is 52.7 cm³/mol. The summed E-state index contributed by atoms with van der Waals surface area (Å²) in [6, 6.07) is 7.75. The number of aryl methyl sites for hydroxylation is 1. The molecular formula is C10H11N3. The van der Waals surface area contributed by atoms with Gasteiger partial charge in [0, 0.05) is 11.9 Å². The lowest BCUT2D eigenvalue weighted by atomic mass is 10.2. The summed E-state index contributed by atoms with van der Waals surface area (Å²) in [4.78, 5) is 4.05. The Morgan fingerprint density at radius 3 is 2.69 bits per heavy atom. The molecule has 1 aromatic heterocycles. The molecule has 13 heavy (non-hydrogen) atoms. The quantitative estimate of drug-likeness (QED) is 0.668. The fourth-order valence-corrected chi connectivity index (χ4v) is 1.32. The molecule has 2 aromatic rings. The highest BCUT2D eigenvalue weighted by Gasteiger charge is 2.01. The Morgan fingerprint density at radius 2 is 2.08 bits per heavy atom. The normalized spacial score (nSPS) is 10.2. The minimum Gasteiger partial charge on any atom is -0.397 e. The lowest BCUT2D eigenvalue weighted by molar-refractivity contribution is 1.01. The number of nitrogens with two attached hydrogens (primary N) is 1. The van der Waals surface area contributed by atoms with Gasteiger partial charge in [0.1, 0.15) is 0 Å². The van der Waals surface area contributed by atoms with Crippen LogP contribution in [0.2, 0.25) is 0 Å². The highest BCUT2D eigenvalue weighted by molar-refractivity contribution is 5.57. The molecule has 0 bridgehead atoms. The molecule has 0 fully saturated rings. The molecule has 0 saturated carbocycles. The predicted octanol–water partition coefficient (Wildman–Crippen LogP) is 1.76. The number of rotatable bonds is 1. The molecule has 1 aromatic carbocycles. The molecule has 3 nitrogen and oxygen atoms in total. The molecule has 0 atom stereocenters. The molecule has 0 aliphatic carbocycles. The van der Waals surface area contributed by atoms with E-state index in [0.717, 1.165) is 17.1 Å². The van der Waals surface area contributed by atoms with E-state index in [1.54, 1.807) is 6.33 Å². The van der Waals surface area contributed by atoms with Crippen LogP contribution in [0.25, 0.3) is 5.69 Å². The number of hydrogen-bond acceptors (Lipinski definition) is 2. The molecule has 1 heterocycles. The molecule has 2 rings (SSSR count). The van der Waals surface area contributed by atoms with E-state index in [1.165, 1.54) is 0 Å². The Morgan fingerprint density at radius 1 is 1.31 bits per heavy atom. The van der Waals surface area contributed by atoms with Crippen molar-refractivity contribution in [1.29, 1.82) is 0 Å². The van der Waals surface area contributed by atoms with Gasteiger partial charge < -0.3 is 10.3 Å². The van der Waals surface area contributed by atoms with Crippen LogP contribution in [-0.2, 0) is 0 Å². The molecule has 3 heteroatoms. The maximum Gasteiger partial charge on any atom is 0.0994 e. The second-order valence-corrected chi connectivity index (χ2v) is 2.96. The van der Waals surface area contributed by atoms with E-state index in [9.17, 15) is 0 Å². The molecule has 0 unspecified atom stereocenters. The van der Waals surface area contributed by atoms with Crippen molar-refractivity contribution in [3.05, 3.63) is 42.5 Å². The summed E-state index contributed by atoms with van der Waals surface area (Å²) in [5, 5.41) is 0. The van der Waals surface area contributed by atoms with Crippen LogP contribution >= 0.6 is 0 Å². The van der Waals surface area contributed by atoms with Crippen LogP contribution in [0.3, 0.4) is 0 Å². The van der Waals surface area contributed by atoms with Crippen molar-refractivity contribution in [2.75, 3.05) is 5.73 Å². The second kappa shape index (κ2) is 2.94. The van der Waals surface area contributed by atoms with E-state index in [0.29, 0.717) is 0 Å². The van der Waals surface area contributed by atoms with E-state index < -0.39 is 0 Å². The van der Waals surface area contributed by atoms with Gasteiger partial charge in [-0.3, -0.25) is 0 Å². The zero-order valence-corrected chi connectivity index (χ0v) is 7.44. The topological polar surface area (TPSA) is 43.8 Å². The summed E-state index contributed by atoms with van der Waals surface area (Å²) in [6.07, 6.45) is 3.58. The van der Waals surface area contributed by atoms with E-state index in [-0.39, 0.29) is 0 Å². The van der Waals surface area contributed by atoms with Gasteiger partial charge in [-0.15, -0.1) is 0 Å². The van der Waals surface area contributed by atoms with Crippen molar-refractivity contribution >= 4 is 5.69 Å². The third-order valence-electron chi connectivity index (χ3n) is 2.02. The Bertz CT molecular complexity index is 418. The lowest BCUT2D eigenvalue weighted by Crippen LogP contribution is -1.99. The first kappa shape index (κ1) is 7.86. The van der Waals surface area contributed by atoms with Gasteiger partial charge in [-0.25, -0.2) is 4.98 Å². The van der Waals surface area contributed by atoms with Crippen molar-refractivity contribution in [1.82, 2.24) is 9.55 Å². The summed E-state index contributed by atoms with van der Waals surface area (Å²) in [6.45, 7) is 2.00. The summed E-state index contributed by atoms with van der Waals surface area (Å²) in [5.41, 5.74) is 8.66. The second-order valence-electron chi connectivity index (χ2n) is 2.96. The van der Waals surface area contributed by atoms with Crippen LogP contribution in [0, 0.1) is 6.92 Å². The first-order chi connectivity index (χ1) is 6.29. The van der Waals surface area contributed by atoms with Gasteiger partial charge >= 0.3 is 0 Å². The average Bonchev–Trinajstić information content (AvgIpc) is 2.52. The van der Waals surface area contributed by atoms with Gasteiger partial charge in [-0.1, -0.05) is 12.1 Å². The van der Waals surface area contributed by atoms with Crippen molar-refractivity contribution in [2.24, 2.45) is 0 Å². The number of benzene rings is 1. The van der Waals surface area contributed by atoms with Gasteiger partial charge in [-0.05, 0) is 19.1 Å². The molecule has 0 saturated heterocycles. The number of nitrogens with zero attached hydrogens (tertiary/aromatic N) is 2.